The molecule has 1 heterocycles. The fourth-order valence-electron chi connectivity index (χ4n) is 4.24. The molecule has 2 fully saturated rings. The highest BCUT2D eigenvalue weighted by Gasteiger charge is 2.44. The first-order valence-corrected chi connectivity index (χ1v) is 9.64. The van der Waals surface area contributed by atoms with Gasteiger partial charge in [-0.25, -0.2) is 0 Å². The molecule has 1 aliphatic carbocycles. The third kappa shape index (κ3) is 5.94. The molecular formula is C19H36ClNO2. The molecule has 2 aliphatic rings. The predicted octanol–water partition coefficient (Wildman–Crippen LogP) is 4.97. The molecule has 0 unspecified atom stereocenters. The average molecular weight is 346 g/mol. The van der Waals surface area contributed by atoms with E-state index in [1.165, 1.54) is 51.5 Å². The number of piperidine rings is 1. The van der Waals surface area contributed by atoms with Gasteiger partial charge >= 0.3 is 5.97 Å². The van der Waals surface area contributed by atoms with Crippen LogP contribution in [0.2, 0.25) is 0 Å². The zero-order valence-electron chi connectivity index (χ0n) is 15.1. The second-order valence-electron chi connectivity index (χ2n) is 7.32. The number of rotatable bonds is 7. The Kier molecular flexibility index (Phi) is 9.53. The Labute approximate surface area is 148 Å². The first kappa shape index (κ1) is 20.8. The normalized spacial score (nSPS) is 22.3. The first-order chi connectivity index (χ1) is 10.7. The third-order valence-electron chi connectivity index (χ3n) is 5.65. The van der Waals surface area contributed by atoms with Crippen molar-refractivity contribution in [1.82, 2.24) is 4.90 Å². The summed E-state index contributed by atoms with van der Waals surface area (Å²) in [5.74, 6) is 0.644. The lowest BCUT2D eigenvalue weighted by Crippen LogP contribution is -2.52. The molecule has 0 spiro atoms. The van der Waals surface area contributed by atoms with Crippen molar-refractivity contribution >= 4 is 18.4 Å². The van der Waals surface area contributed by atoms with Crippen LogP contribution in [0.3, 0.4) is 0 Å². The molecule has 0 aromatic heterocycles. The van der Waals surface area contributed by atoms with Crippen LogP contribution in [-0.2, 0) is 9.53 Å². The number of esters is 1. The number of carbonyl (C=O) groups is 1. The van der Waals surface area contributed by atoms with Crippen LogP contribution in [0.25, 0.3) is 0 Å². The number of halogens is 1. The van der Waals surface area contributed by atoms with Crippen molar-refractivity contribution in [2.75, 3.05) is 19.6 Å². The summed E-state index contributed by atoms with van der Waals surface area (Å²) in [4.78, 5) is 14.7. The Morgan fingerprint density at radius 1 is 1.09 bits per heavy atom. The van der Waals surface area contributed by atoms with Gasteiger partial charge in [0.2, 0.25) is 0 Å². The number of ether oxygens (including phenoxy) is 1. The molecule has 4 heteroatoms. The van der Waals surface area contributed by atoms with E-state index in [0.29, 0.717) is 12.3 Å². The topological polar surface area (TPSA) is 29.5 Å². The Balaban J connectivity index is 0.00000264. The predicted molar refractivity (Wildman–Crippen MR) is 98.1 cm³/mol. The van der Waals surface area contributed by atoms with Crippen LogP contribution in [0.5, 0.6) is 0 Å². The molecule has 2 rings (SSSR count). The van der Waals surface area contributed by atoms with Crippen LogP contribution >= 0.6 is 12.4 Å². The van der Waals surface area contributed by atoms with Crippen LogP contribution in [0.15, 0.2) is 0 Å². The summed E-state index contributed by atoms with van der Waals surface area (Å²) in [5, 5.41) is 0. The molecule has 0 atom stereocenters. The Hall–Kier alpha value is -0.280. The highest BCUT2D eigenvalue weighted by molar-refractivity contribution is 5.85. The van der Waals surface area contributed by atoms with Crippen molar-refractivity contribution in [2.45, 2.75) is 90.1 Å². The van der Waals surface area contributed by atoms with Gasteiger partial charge in [0.1, 0.15) is 5.60 Å². The molecule has 0 N–H and O–H groups in total. The summed E-state index contributed by atoms with van der Waals surface area (Å²) in [7, 11) is 0. The molecule has 1 saturated heterocycles. The summed E-state index contributed by atoms with van der Waals surface area (Å²) in [6, 6.07) is 0. The molecule has 3 nitrogen and oxygen atoms in total. The van der Waals surface area contributed by atoms with Crippen molar-refractivity contribution in [2.24, 2.45) is 5.92 Å². The summed E-state index contributed by atoms with van der Waals surface area (Å²) in [5.41, 5.74) is -0.143. The van der Waals surface area contributed by atoms with Crippen molar-refractivity contribution in [1.29, 1.82) is 0 Å². The van der Waals surface area contributed by atoms with Crippen LogP contribution in [0.4, 0.5) is 0 Å². The van der Waals surface area contributed by atoms with Gasteiger partial charge in [-0.1, -0.05) is 39.5 Å². The summed E-state index contributed by atoms with van der Waals surface area (Å²) >= 11 is 0. The van der Waals surface area contributed by atoms with Crippen LogP contribution in [0.1, 0.15) is 84.5 Å². The van der Waals surface area contributed by atoms with Gasteiger partial charge in [-0.2, -0.15) is 0 Å². The van der Waals surface area contributed by atoms with E-state index in [-0.39, 0.29) is 24.0 Å². The Morgan fingerprint density at radius 2 is 1.74 bits per heavy atom. The van der Waals surface area contributed by atoms with E-state index in [1.54, 1.807) is 0 Å². The highest BCUT2D eigenvalue weighted by Crippen LogP contribution is 2.42. The molecule has 0 aromatic rings. The van der Waals surface area contributed by atoms with Crippen molar-refractivity contribution in [3.63, 3.8) is 0 Å². The molecule has 0 radical (unpaired) electrons. The van der Waals surface area contributed by atoms with Gasteiger partial charge in [-0.05, 0) is 38.1 Å². The second-order valence-corrected chi connectivity index (χ2v) is 7.32. The molecule has 23 heavy (non-hydrogen) atoms. The minimum atomic E-state index is -0.143. The van der Waals surface area contributed by atoms with Gasteiger partial charge in [-0.15, -0.1) is 12.4 Å². The monoisotopic (exact) mass is 345 g/mol. The summed E-state index contributed by atoms with van der Waals surface area (Å²) in [6.07, 6.45) is 12.6. The van der Waals surface area contributed by atoms with E-state index in [2.05, 4.69) is 18.7 Å². The third-order valence-corrected chi connectivity index (χ3v) is 5.65. The largest absolute Gasteiger partial charge is 0.459 e. The summed E-state index contributed by atoms with van der Waals surface area (Å²) in [6.45, 7) is 7.73. The zero-order valence-corrected chi connectivity index (χ0v) is 16.0. The zero-order chi connectivity index (χ0) is 15.8. The lowest BCUT2D eigenvalue weighted by molar-refractivity contribution is -0.176. The molecule has 0 bridgehead atoms. The SMILES string of the molecule is CCCCN1CCC(OC(=O)CCC)(C2CCCCC2)CC1.Cl. The van der Waals surface area contributed by atoms with E-state index >= 15 is 0 Å². The second kappa shape index (κ2) is 10.6. The lowest BCUT2D eigenvalue weighted by atomic mass is 9.72. The maximum atomic E-state index is 12.2. The van der Waals surface area contributed by atoms with Gasteiger partial charge < -0.3 is 9.64 Å². The Morgan fingerprint density at radius 3 is 2.30 bits per heavy atom. The van der Waals surface area contributed by atoms with Crippen LogP contribution in [0, 0.1) is 5.92 Å². The quantitative estimate of drug-likeness (QED) is 0.610. The number of nitrogens with zero attached hydrogens (tertiary/aromatic N) is 1. The molecular weight excluding hydrogens is 310 g/mol. The summed E-state index contributed by atoms with van der Waals surface area (Å²) < 4.78 is 6.15. The number of hydrogen-bond acceptors (Lipinski definition) is 3. The molecule has 0 aromatic carbocycles. The maximum Gasteiger partial charge on any atom is 0.306 e. The van der Waals surface area contributed by atoms with Gasteiger partial charge in [0.15, 0.2) is 0 Å². The van der Waals surface area contributed by atoms with E-state index in [9.17, 15) is 4.79 Å². The van der Waals surface area contributed by atoms with Gasteiger partial charge in [0, 0.05) is 32.4 Å². The Bertz CT molecular complexity index is 334. The van der Waals surface area contributed by atoms with Gasteiger partial charge in [0.05, 0.1) is 0 Å². The van der Waals surface area contributed by atoms with Crippen LogP contribution < -0.4 is 0 Å². The molecule has 1 saturated carbocycles. The maximum absolute atomic E-state index is 12.2. The number of unbranched alkanes of at least 4 members (excludes halogenated alkanes) is 1. The fraction of sp³-hybridized carbons (Fsp3) is 0.947. The fourth-order valence-corrected chi connectivity index (χ4v) is 4.24. The number of carbonyl (C=O) groups excluding carboxylic acids is 1. The molecule has 0 amide bonds. The van der Waals surface area contributed by atoms with Crippen LogP contribution in [-0.4, -0.2) is 36.1 Å². The average Bonchev–Trinajstić information content (AvgIpc) is 2.55. The molecule has 1 aliphatic heterocycles. The van der Waals surface area contributed by atoms with E-state index < -0.39 is 0 Å². The highest BCUT2D eigenvalue weighted by atomic mass is 35.5. The van der Waals surface area contributed by atoms with E-state index in [0.717, 1.165) is 32.4 Å². The van der Waals surface area contributed by atoms with Crippen molar-refractivity contribution < 1.29 is 9.53 Å². The van der Waals surface area contributed by atoms with E-state index in [4.69, 9.17) is 4.74 Å². The lowest BCUT2D eigenvalue weighted by Gasteiger charge is -2.47. The first-order valence-electron chi connectivity index (χ1n) is 9.64. The van der Waals surface area contributed by atoms with Gasteiger partial charge in [0.25, 0.3) is 0 Å². The number of likely N-dealkylation sites (tertiary alicyclic amines) is 1. The van der Waals surface area contributed by atoms with Gasteiger partial charge in [-0.3, -0.25) is 4.79 Å². The van der Waals surface area contributed by atoms with Crippen molar-refractivity contribution in [3.05, 3.63) is 0 Å². The minimum absolute atomic E-state index is 0. The smallest absolute Gasteiger partial charge is 0.306 e. The minimum Gasteiger partial charge on any atom is -0.459 e. The van der Waals surface area contributed by atoms with E-state index in [1.807, 2.05) is 0 Å². The number of hydrogen-bond donors (Lipinski definition) is 0. The standard InChI is InChI=1S/C19H35NO2.ClH/c1-3-5-14-20-15-12-19(13-16-20,22-18(21)9-4-2)17-10-7-6-8-11-17;/h17H,3-16H2,1-2H3;1H. The molecule has 136 valence electrons. The van der Waals surface area contributed by atoms with Crippen molar-refractivity contribution in [3.8, 4) is 0 Å².